The van der Waals surface area contributed by atoms with Crippen LogP contribution < -0.4 is 0 Å². The van der Waals surface area contributed by atoms with Gasteiger partial charge in [0.25, 0.3) is 0 Å². The molecule has 39 heavy (non-hydrogen) atoms. The number of aliphatic hydroxyl groups excluding tert-OH is 1. The lowest BCUT2D eigenvalue weighted by molar-refractivity contribution is -0.315. The van der Waals surface area contributed by atoms with Crippen LogP contribution in [0.5, 0.6) is 0 Å². The van der Waals surface area contributed by atoms with Crippen LogP contribution in [0, 0.1) is 0 Å². The first-order valence-electron chi connectivity index (χ1n) is 13.8. The zero-order valence-electron chi connectivity index (χ0n) is 23.3. The molecule has 0 aliphatic carbocycles. The van der Waals surface area contributed by atoms with E-state index in [1.807, 2.05) is 91.0 Å². The molecule has 0 amide bonds. The van der Waals surface area contributed by atoms with Gasteiger partial charge >= 0.3 is 0 Å². The average Bonchev–Trinajstić information content (AvgIpc) is 2.93. The molecule has 0 radical (unpaired) electrons. The maximum atomic E-state index is 11.1. The largest absolute Gasteiger partial charge is 0.374 e. The van der Waals surface area contributed by atoms with E-state index >= 15 is 0 Å². The van der Waals surface area contributed by atoms with Crippen molar-refractivity contribution >= 4 is 8.07 Å². The first kappa shape index (κ1) is 29.6. The minimum atomic E-state index is -1.33. The molecule has 1 fully saturated rings. The molecule has 7 heteroatoms. The molecule has 210 valence electrons. The van der Waals surface area contributed by atoms with Crippen LogP contribution >= 0.6 is 0 Å². The maximum absolute atomic E-state index is 11.1. The van der Waals surface area contributed by atoms with E-state index in [-0.39, 0.29) is 6.61 Å². The summed E-state index contributed by atoms with van der Waals surface area (Å²) in [5, 5.41) is 11.1. The van der Waals surface area contributed by atoms with Gasteiger partial charge in [-0.3, -0.25) is 0 Å². The molecule has 0 unspecified atom stereocenters. The van der Waals surface area contributed by atoms with Gasteiger partial charge in [-0.25, -0.2) is 0 Å². The molecule has 5 atom stereocenters. The Labute approximate surface area is 233 Å². The molecule has 1 aliphatic rings. The Balaban J connectivity index is 1.52. The topological polar surface area (TPSA) is 66.4 Å². The number of benzene rings is 3. The molecule has 0 bridgehead atoms. The SMILES string of the molecule is C[Si](C)(C)CCO[C@H]1[C@H](OCc2ccccc2)[C@@H](OCc2ccccc2)[C@@H](O)O[C@@H]1COCc1ccccc1. The van der Waals surface area contributed by atoms with Gasteiger partial charge in [0.05, 0.1) is 26.4 Å². The maximum Gasteiger partial charge on any atom is 0.184 e. The minimum absolute atomic E-state index is 0.264. The van der Waals surface area contributed by atoms with E-state index in [1.165, 1.54) is 0 Å². The van der Waals surface area contributed by atoms with E-state index in [2.05, 4.69) is 19.6 Å². The van der Waals surface area contributed by atoms with Crippen LogP contribution in [0.15, 0.2) is 91.0 Å². The second-order valence-electron chi connectivity index (χ2n) is 11.2. The highest BCUT2D eigenvalue weighted by Gasteiger charge is 2.48. The summed E-state index contributed by atoms with van der Waals surface area (Å²) in [6.07, 6.45) is -3.44. The molecule has 6 nitrogen and oxygen atoms in total. The first-order chi connectivity index (χ1) is 18.9. The van der Waals surface area contributed by atoms with Crippen LogP contribution in [-0.2, 0) is 43.5 Å². The molecule has 4 rings (SSSR count). The number of aliphatic hydroxyl groups is 1. The molecular weight excluding hydrogens is 508 g/mol. The summed E-state index contributed by atoms with van der Waals surface area (Å²) in [7, 11) is -1.33. The van der Waals surface area contributed by atoms with Crippen LogP contribution in [0.1, 0.15) is 16.7 Å². The first-order valence-corrected chi connectivity index (χ1v) is 17.5. The van der Waals surface area contributed by atoms with Crippen LogP contribution in [-0.4, -0.2) is 57.1 Å². The quantitative estimate of drug-likeness (QED) is 0.255. The molecule has 1 aliphatic heterocycles. The third kappa shape index (κ3) is 9.65. The van der Waals surface area contributed by atoms with Crippen molar-refractivity contribution in [2.75, 3.05) is 13.2 Å². The summed E-state index contributed by atoms with van der Waals surface area (Å²) in [4.78, 5) is 0. The van der Waals surface area contributed by atoms with Gasteiger partial charge in [-0.2, -0.15) is 0 Å². The van der Waals surface area contributed by atoms with Crippen molar-refractivity contribution in [3.63, 3.8) is 0 Å². The Hall–Kier alpha value is -2.36. The van der Waals surface area contributed by atoms with Gasteiger partial charge in [-0.15, -0.1) is 0 Å². The van der Waals surface area contributed by atoms with Crippen molar-refractivity contribution in [2.24, 2.45) is 0 Å². The summed E-state index contributed by atoms with van der Waals surface area (Å²) < 4.78 is 31.5. The Morgan fingerprint density at radius 3 is 1.64 bits per heavy atom. The fourth-order valence-electron chi connectivity index (χ4n) is 4.50. The summed E-state index contributed by atoms with van der Waals surface area (Å²) in [5.41, 5.74) is 3.13. The molecule has 1 N–H and O–H groups in total. The molecular formula is C32H42O6Si. The van der Waals surface area contributed by atoms with Gasteiger partial charge in [0.15, 0.2) is 6.29 Å². The van der Waals surface area contributed by atoms with Crippen molar-refractivity contribution in [3.8, 4) is 0 Å². The van der Waals surface area contributed by atoms with E-state index < -0.39 is 38.8 Å². The van der Waals surface area contributed by atoms with Gasteiger partial charge in [0.2, 0.25) is 0 Å². The van der Waals surface area contributed by atoms with E-state index in [0.717, 1.165) is 22.7 Å². The zero-order valence-corrected chi connectivity index (χ0v) is 24.3. The summed E-state index contributed by atoms with van der Waals surface area (Å²) >= 11 is 0. The highest BCUT2D eigenvalue weighted by atomic mass is 28.3. The standard InChI is InChI=1S/C32H42O6Si/c1-39(2,3)20-19-35-29-28(24-34-21-25-13-7-4-8-14-25)38-32(33)31(37-23-27-17-11-6-12-18-27)30(29)36-22-26-15-9-5-10-16-26/h4-18,28-33H,19-24H2,1-3H3/t28-,29-,30+,31-,32+/m1/s1. The van der Waals surface area contributed by atoms with E-state index in [1.54, 1.807) is 0 Å². The van der Waals surface area contributed by atoms with E-state index in [4.69, 9.17) is 23.7 Å². The molecule has 0 aromatic heterocycles. The van der Waals surface area contributed by atoms with Gasteiger partial charge < -0.3 is 28.8 Å². The van der Waals surface area contributed by atoms with Gasteiger partial charge in [0, 0.05) is 14.7 Å². The zero-order chi connectivity index (χ0) is 27.5. The normalized spacial score (nSPS) is 23.5. The van der Waals surface area contributed by atoms with Gasteiger partial charge in [0.1, 0.15) is 24.4 Å². The second-order valence-corrected chi connectivity index (χ2v) is 16.9. The lowest BCUT2D eigenvalue weighted by Crippen LogP contribution is -2.61. The molecule has 0 saturated carbocycles. The summed E-state index contributed by atoms with van der Waals surface area (Å²) in [5.74, 6) is 0. The van der Waals surface area contributed by atoms with Crippen molar-refractivity contribution in [1.82, 2.24) is 0 Å². The van der Waals surface area contributed by atoms with Crippen molar-refractivity contribution in [3.05, 3.63) is 108 Å². The van der Waals surface area contributed by atoms with E-state index in [0.29, 0.717) is 26.4 Å². The summed E-state index contributed by atoms with van der Waals surface area (Å²) in [6.45, 7) is 8.98. The number of ether oxygens (including phenoxy) is 5. The predicted octanol–water partition coefficient (Wildman–Crippen LogP) is 5.81. The van der Waals surface area contributed by atoms with Crippen LogP contribution in [0.2, 0.25) is 25.7 Å². The lowest BCUT2D eigenvalue weighted by Gasteiger charge is -2.44. The smallest absolute Gasteiger partial charge is 0.184 e. The third-order valence-corrected chi connectivity index (χ3v) is 8.44. The fourth-order valence-corrected chi connectivity index (χ4v) is 5.23. The lowest BCUT2D eigenvalue weighted by atomic mass is 9.98. The monoisotopic (exact) mass is 550 g/mol. The Bertz CT molecular complexity index is 1080. The van der Waals surface area contributed by atoms with Crippen molar-refractivity contribution < 1.29 is 28.8 Å². The second kappa shape index (κ2) is 14.9. The molecule has 3 aromatic carbocycles. The van der Waals surface area contributed by atoms with E-state index in [9.17, 15) is 5.11 Å². The Kier molecular flexibility index (Phi) is 11.3. The Morgan fingerprint density at radius 1 is 0.641 bits per heavy atom. The summed E-state index contributed by atoms with van der Waals surface area (Å²) in [6, 6.07) is 30.9. The number of hydrogen-bond donors (Lipinski definition) is 1. The Morgan fingerprint density at radius 2 is 1.13 bits per heavy atom. The average molecular weight is 551 g/mol. The van der Waals surface area contributed by atoms with Crippen LogP contribution in [0.25, 0.3) is 0 Å². The van der Waals surface area contributed by atoms with Gasteiger partial charge in [-0.05, 0) is 22.7 Å². The van der Waals surface area contributed by atoms with Crippen LogP contribution in [0.4, 0.5) is 0 Å². The molecule has 0 spiro atoms. The molecule has 3 aromatic rings. The van der Waals surface area contributed by atoms with Crippen LogP contribution in [0.3, 0.4) is 0 Å². The number of hydrogen-bond acceptors (Lipinski definition) is 6. The number of rotatable bonds is 14. The predicted molar refractivity (Wildman–Crippen MR) is 155 cm³/mol. The van der Waals surface area contributed by atoms with Crippen molar-refractivity contribution in [1.29, 1.82) is 0 Å². The minimum Gasteiger partial charge on any atom is -0.374 e. The fraction of sp³-hybridized carbons (Fsp3) is 0.438. The van der Waals surface area contributed by atoms with Crippen molar-refractivity contribution in [2.45, 2.75) is 76.2 Å². The van der Waals surface area contributed by atoms with Gasteiger partial charge in [-0.1, -0.05) is 111 Å². The highest BCUT2D eigenvalue weighted by Crippen LogP contribution is 2.30. The molecule has 1 saturated heterocycles. The third-order valence-electron chi connectivity index (χ3n) is 6.74. The highest BCUT2D eigenvalue weighted by molar-refractivity contribution is 6.76. The molecule has 1 heterocycles.